The van der Waals surface area contributed by atoms with Gasteiger partial charge in [-0.15, -0.1) is 0 Å². The highest BCUT2D eigenvalue weighted by Crippen LogP contribution is 2.21. The van der Waals surface area contributed by atoms with Gasteiger partial charge in [-0.05, 0) is 13.0 Å². The Kier molecular flexibility index (Phi) is 3.15. The van der Waals surface area contributed by atoms with Crippen LogP contribution in [0.3, 0.4) is 0 Å². The smallest absolute Gasteiger partial charge is 0.382 e. The maximum atomic E-state index is 11.9. The molecule has 1 aliphatic heterocycles. The second-order valence-electron chi connectivity index (χ2n) is 3.37. The number of likely N-dealkylation sites (tertiary alicyclic amines) is 1. The Balaban J connectivity index is 2.33. The molecule has 0 bridgehead atoms. The quantitative estimate of drug-likeness (QED) is 0.653. The monoisotopic (exact) mass is 198 g/mol. The maximum absolute atomic E-state index is 11.9. The van der Waals surface area contributed by atoms with E-state index >= 15 is 0 Å². The zero-order valence-electron chi connectivity index (χ0n) is 7.09. The van der Waals surface area contributed by atoms with Gasteiger partial charge in [0.15, 0.2) is 6.10 Å². The molecule has 0 aromatic rings. The van der Waals surface area contributed by atoms with E-state index in [2.05, 4.69) is 0 Å². The van der Waals surface area contributed by atoms with Gasteiger partial charge in [-0.1, -0.05) is 0 Å². The fraction of sp³-hybridized carbons (Fsp3) is 1.00. The molecule has 1 unspecified atom stereocenters. The molecule has 0 amide bonds. The summed E-state index contributed by atoms with van der Waals surface area (Å²) < 4.78 is 35.7. The van der Waals surface area contributed by atoms with Crippen LogP contribution in [0, 0.1) is 0 Å². The Labute approximate surface area is 74.3 Å². The van der Waals surface area contributed by atoms with Crippen molar-refractivity contribution in [2.24, 2.45) is 5.73 Å². The Morgan fingerprint density at radius 3 is 2.54 bits per heavy atom. The molecule has 0 spiro atoms. The second kappa shape index (κ2) is 3.81. The van der Waals surface area contributed by atoms with Gasteiger partial charge >= 0.3 is 6.18 Å². The molecule has 6 heteroatoms. The normalized spacial score (nSPS) is 27.9. The van der Waals surface area contributed by atoms with Crippen molar-refractivity contribution < 1.29 is 18.3 Å². The minimum Gasteiger partial charge on any atom is -0.382 e. The molecular weight excluding hydrogens is 185 g/mol. The summed E-state index contributed by atoms with van der Waals surface area (Å²) in [5, 5.41) is 8.72. The van der Waals surface area contributed by atoms with Crippen LogP contribution in [0.25, 0.3) is 0 Å². The molecule has 0 aliphatic carbocycles. The van der Waals surface area contributed by atoms with E-state index in [-0.39, 0.29) is 12.6 Å². The SMILES string of the molecule is N[C@H]1CCN(CC(O)C(F)(F)F)C1. The zero-order chi connectivity index (χ0) is 10.1. The third-order valence-corrected chi connectivity index (χ3v) is 2.12. The van der Waals surface area contributed by atoms with Crippen molar-refractivity contribution in [2.75, 3.05) is 19.6 Å². The lowest BCUT2D eigenvalue weighted by Gasteiger charge is -2.21. The number of nitrogens with zero attached hydrogens (tertiary/aromatic N) is 1. The molecule has 0 saturated carbocycles. The number of rotatable bonds is 2. The van der Waals surface area contributed by atoms with Crippen LogP contribution in [-0.4, -0.2) is 48.0 Å². The molecule has 1 saturated heterocycles. The molecule has 0 aromatic heterocycles. The van der Waals surface area contributed by atoms with Crippen molar-refractivity contribution in [1.29, 1.82) is 0 Å². The highest BCUT2D eigenvalue weighted by atomic mass is 19.4. The van der Waals surface area contributed by atoms with Crippen molar-refractivity contribution in [1.82, 2.24) is 4.90 Å². The van der Waals surface area contributed by atoms with Gasteiger partial charge in [-0.3, -0.25) is 4.90 Å². The number of halogens is 3. The standard InChI is InChI=1S/C7H13F3N2O/c8-7(9,10)6(13)4-12-2-1-5(11)3-12/h5-6,13H,1-4,11H2/t5-,6?/m0/s1. The van der Waals surface area contributed by atoms with E-state index in [1.807, 2.05) is 0 Å². The maximum Gasteiger partial charge on any atom is 0.415 e. The topological polar surface area (TPSA) is 49.5 Å². The Bertz CT molecular complexity index is 174. The molecule has 1 heterocycles. The average molecular weight is 198 g/mol. The van der Waals surface area contributed by atoms with E-state index < -0.39 is 12.3 Å². The van der Waals surface area contributed by atoms with Crippen LogP contribution in [0.5, 0.6) is 0 Å². The Morgan fingerprint density at radius 1 is 1.54 bits per heavy atom. The predicted octanol–water partition coefficient (Wildman–Crippen LogP) is -0.0574. The van der Waals surface area contributed by atoms with Gasteiger partial charge in [0.2, 0.25) is 0 Å². The Morgan fingerprint density at radius 2 is 2.15 bits per heavy atom. The molecule has 0 radical (unpaired) electrons. The molecule has 1 rings (SSSR count). The van der Waals surface area contributed by atoms with Gasteiger partial charge in [-0.2, -0.15) is 13.2 Å². The predicted molar refractivity (Wildman–Crippen MR) is 41.1 cm³/mol. The van der Waals surface area contributed by atoms with Crippen LogP contribution < -0.4 is 5.73 Å². The molecule has 0 aromatic carbocycles. The van der Waals surface area contributed by atoms with Gasteiger partial charge in [0, 0.05) is 19.1 Å². The van der Waals surface area contributed by atoms with Crippen LogP contribution >= 0.6 is 0 Å². The van der Waals surface area contributed by atoms with Crippen molar-refractivity contribution in [3.63, 3.8) is 0 Å². The lowest BCUT2D eigenvalue weighted by molar-refractivity contribution is -0.207. The summed E-state index contributed by atoms with van der Waals surface area (Å²) >= 11 is 0. The first-order chi connectivity index (χ1) is 5.89. The molecule has 1 fully saturated rings. The molecule has 3 N–H and O–H groups in total. The van der Waals surface area contributed by atoms with Crippen molar-refractivity contribution in [2.45, 2.75) is 24.7 Å². The lowest BCUT2D eigenvalue weighted by Crippen LogP contribution is -2.40. The molecular formula is C7H13F3N2O. The molecule has 3 nitrogen and oxygen atoms in total. The minimum absolute atomic E-state index is 0.0552. The number of aliphatic hydroxyl groups excluding tert-OH is 1. The fourth-order valence-corrected chi connectivity index (χ4v) is 1.38. The summed E-state index contributed by atoms with van der Waals surface area (Å²) in [4.78, 5) is 1.53. The first-order valence-corrected chi connectivity index (χ1v) is 4.12. The van der Waals surface area contributed by atoms with Crippen LogP contribution in [0.2, 0.25) is 0 Å². The van der Waals surface area contributed by atoms with E-state index in [0.717, 1.165) is 0 Å². The van der Waals surface area contributed by atoms with E-state index in [0.29, 0.717) is 19.5 Å². The first kappa shape index (κ1) is 10.7. The van der Waals surface area contributed by atoms with Crippen molar-refractivity contribution in [3.8, 4) is 0 Å². The summed E-state index contributed by atoms with van der Waals surface area (Å²) in [6.45, 7) is 0.610. The van der Waals surface area contributed by atoms with Crippen LogP contribution in [-0.2, 0) is 0 Å². The molecule has 1 aliphatic rings. The first-order valence-electron chi connectivity index (χ1n) is 4.12. The second-order valence-corrected chi connectivity index (χ2v) is 3.37. The highest BCUT2D eigenvalue weighted by molar-refractivity contribution is 4.81. The number of β-amino-alcohol motifs (C(OH)–C–C–N with tert-alkyl or cyclic N) is 1. The summed E-state index contributed by atoms with van der Waals surface area (Å²) in [6, 6.07) is -0.0552. The Hall–Kier alpha value is -0.330. The van der Waals surface area contributed by atoms with Crippen molar-refractivity contribution in [3.05, 3.63) is 0 Å². The molecule has 13 heavy (non-hydrogen) atoms. The third kappa shape index (κ3) is 3.13. The van der Waals surface area contributed by atoms with Crippen molar-refractivity contribution >= 4 is 0 Å². The van der Waals surface area contributed by atoms with Gasteiger partial charge in [0.1, 0.15) is 0 Å². The zero-order valence-corrected chi connectivity index (χ0v) is 7.09. The lowest BCUT2D eigenvalue weighted by atomic mass is 10.3. The van der Waals surface area contributed by atoms with Gasteiger partial charge in [-0.25, -0.2) is 0 Å². The van der Waals surface area contributed by atoms with Crippen LogP contribution in [0.15, 0.2) is 0 Å². The number of hydrogen-bond donors (Lipinski definition) is 2. The van der Waals surface area contributed by atoms with Crippen LogP contribution in [0.4, 0.5) is 13.2 Å². The van der Waals surface area contributed by atoms with E-state index in [9.17, 15) is 13.2 Å². The summed E-state index contributed by atoms with van der Waals surface area (Å²) in [7, 11) is 0. The van der Waals surface area contributed by atoms with Gasteiger partial charge in [0.25, 0.3) is 0 Å². The van der Waals surface area contributed by atoms with E-state index in [1.165, 1.54) is 4.90 Å². The molecule has 2 atom stereocenters. The third-order valence-electron chi connectivity index (χ3n) is 2.12. The number of aliphatic hydroxyl groups is 1. The minimum atomic E-state index is -4.52. The summed E-state index contributed by atoms with van der Waals surface area (Å²) in [5.41, 5.74) is 5.51. The van der Waals surface area contributed by atoms with E-state index in [4.69, 9.17) is 10.8 Å². The number of hydrogen-bond acceptors (Lipinski definition) is 3. The number of nitrogens with two attached hydrogens (primary N) is 1. The van der Waals surface area contributed by atoms with E-state index in [1.54, 1.807) is 0 Å². The highest BCUT2D eigenvalue weighted by Gasteiger charge is 2.39. The largest absolute Gasteiger partial charge is 0.415 e. The van der Waals surface area contributed by atoms with Crippen LogP contribution in [0.1, 0.15) is 6.42 Å². The number of alkyl halides is 3. The molecule has 78 valence electrons. The van der Waals surface area contributed by atoms with Gasteiger partial charge < -0.3 is 10.8 Å². The summed E-state index contributed by atoms with van der Waals surface area (Å²) in [6.07, 6.45) is -6.07. The summed E-state index contributed by atoms with van der Waals surface area (Å²) in [5.74, 6) is 0. The average Bonchev–Trinajstić information content (AvgIpc) is 2.33. The fourth-order valence-electron chi connectivity index (χ4n) is 1.38. The van der Waals surface area contributed by atoms with Gasteiger partial charge in [0.05, 0.1) is 0 Å².